The zero-order chi connectivity index (χ0) is 21.6. The Balaban J connectivity index is 2.06. The maximum absolute atomic E-state index is 10.7. The van der Waals surface area contributed by atoms with Crippen LogP contribution in [0.3, 0.4) is 0 Å². The second-order valence-corrected chi connectivity index (χ2v) is 6.93. The third kappa shape index (κ3) is 6.01. The second kappa shape index (κ2) is 10.0. The van der Waals surface area contributed by atoms with Crippen molar-refractivity contribution < 1.29 is 25.3 Å². The van der Waals surface area contributed by atoms with E-state index in [-0.39, 0.29) is 30.9 Å². The molecule has 29 heavy (non-hydrogen) atoms. The number of aliphatic hydroxyl groups excluding tert-OH is 3. The highest BCUT2D eigenvalue weighted by molar-refractivity contribution is 5.43. The molecule has 0 aliphatic heterocycles. The first-order valence-corrected chi connectivity index (χ1v) is 9.17. The van der Waals surface area contributed by atoms with Gasteiger partial charge >= 0.3 is 0 Å². The zero-order valence-electron chi connectivity index (χ0n) is 16.4. The van der Waals surface area contributed by atoms with Crippen molar-refractivity contribution >= 4 is 5.69 Å². The summed E-state index contributed by atoms with van der Waals surface area (Å²) in [4.78, 5) is 10.2. The number of rotatable bonds is 8. The third-order valence-electron chi connectivity index (χ3n) is 4.66. The van der Waals surface area contributed by atoms with E-state index in [1.54, 1.807) is 32.1 Å². The number of benzene rings is 2. The highest BCUT2D eigenvalue weighted by Gasteiger charge is 2.13. The fraction of sp³-hybridized carbons (Fsp3) is 0.318. The van der Waals surface area contributed by atoms with Crippen LogP contribution in [0.15, 0.2) is 53.8 Å². The van der Waals surface area contributed by atoms with E-state index in [4.69, 9.17) is 0 Å². The number of aryl methyl sites for hydroxylation is 2. The molecule has 7 heteroatoms. The van der Waals surface area contributed by atoms with Gasteiger partial charge in [0.2, 0.25) is 0 Å². The summed E-state index contributed by atoms with van der Waals surface area (Å²) in [6.07, 6.45) is 0.223. The number of aliphatic hydroxyl groups is 3. The van der Waals surface area contributed by atoms with Crippen molar-refractivity contribution in [1.29, 1.82) is 0 Å². The maximum Gasteiger partial charge on any atom is 0.269 e. The minimum Gasteiger partial charge on any atom is -0.507 e. The molecule has 0 saturated heterocycles. The van der Waals surface area contributed by atoms with Crippen LogP contribution >= 0.6 is 0 Å². The molecule has 2 rings (SSSR count). The molecule has 4 N–H and O–H groups in total. The molecule has 154 valence electrons. The monoisotopic (exact) mass is 399 g/mol. The zero-order valence-corrected chi connectivity index (χ0v) is 16.4. The molecule has 0 aliphatic rings. The molecule has 0 aliphatic carbocycles. The van der Waals surface area contributed by atoms with Crippen LogP contribution in [0.1, 0.15) is 47.3 Å². The Morgan fingerprint density at radius 2 is 1.69 bits per heavy atom. The van der Waals surface area contributed by atoms with Gasteiger partial charge in [-0.25, -0.2) is 0 Å². The summed E-state index contributed by atoms with van der Waals surface area (Å²) < 4.78 is 0. The van der Waals surface area contributed by atoms with Crippen molar-refractivity contribution in [1.82, 2.24) is 0 Å². The number of nitro groups is 1. The predicted molar refractivity (Wildman–Crippen MR) is 109 cm³/mol. The summed E-state index contributed by atoms with van der Waals surface area (Å²) in [5.41, 5.74) is 5.82. The van der Waals surface area contributed by atoms with Crippen LogP contribution < -0.4 is 0 Å². The molecular formula is C22H25NO6. The molecule has 0 fully saturated rings. The van der Waals surface area contributed by atoms with E-state index >= 15 is 0 Å². The molecule has 0 radical (unpaired) electrons. The van der Waals surface area contributed by atoms with Gasteiger partial charge in [-0.3, -0.25) is 10.1 Å². The van der Waals surface area contributed by atoms with E-state index < -0.39 is 17.1 Å². The average molecular weight is 399 g/mol. The minimum absolute atomic E-state index is 0.0625. The Kier molecular flexibility index (Phi) is 7.70. The minimum atomic E-state index is -0.939. The lowest BCUT2D eigenvalue weighted by molar-refractivity contribution is -0.384. The SMILES string of the molecule is Cc1cc([C@H](O)CC=C=C(CO)C[C@@H](O)c2ccc([N+](=O)[O-])cc2)cc(C)c1O. The summed E-state index contributed by atoms with van der Waals surface area (Å²) in [6, 6.07) is 9.01. The molecule has 0 amide bonds. The molecule has 0 saturated carbocycles. The number of aromatic hydroxyl groups is 1. The normalized spacial score (nSPS) is 12.7. The number of nitro benzene ring substituents is 1. The van der Waals surface area contributed by atoms with Gasteiger partial charge in [0.25, 0.3) is 5.69 Å². The Bertz CT molecular complexity index is 906. The lowest BCUT2D eigenvalue weighted by Gasteiger charge is -2.12. The molecule has 0 heterocycles. The second-order valence-electron chi connectivity index (χ2n) is 6.93. The van der Waals surface area contributed by atoms with Crippen molar-refractivity contribution in [3.05, 3.63) is 86.1 Å². The molecular weight excluding hydrogens is 374 g/mol. The molecule has 0 bridgehead atoms. The number of hydrogen-bond donors (Lipinski definition) is 4. The van der Waals surface area contributed by atoms with Crippen LogP contribution in [0, 0.1) is 24.0 Å². The van der Waals surface area contributed by atoms with Gasteiger partial charge in [0.05, 0.1) is 23.7 Å². The van der Waals surface area contributed by atoms with Gasteiger partial charge in [0.15, 0.2) is 0 Å². The van der Waals surface area contributed by atoms with E-state index in [9.17, 15) is 30.5 Å². The summed E-state index contributed by atoms with van der Waals surface area (Å²) in [5.74, 6) is 0.208. The van der Waals surface area contributed by atoms with E-state index in [0.29, 0.717) is 27.8 Å². The molecule has 0 unspecified atom stereocenters. The Labute approximate surface area is 169 Å². The Morgan fingerprint density at radius 1 is 1.10 bits per heavy atom. The van der Waals surface area contributed by atoms with Crippen LogP contribution in [0.25, 0.3) is 0 Å². The van der Waals surface area contributed by atoms with Gasteiger partial charge in [-0.05, 0) is 72.0 Å². The van der Waals surface area contributed by atoms with Crippen molar-refractivity contribution in [2.24, 2.45) is 0 Å². The van der Waals surface area contributed by atoms with Crippen LogP contribution in [-0.2, 0) is 0 Å². The topological polar surface area (TPSA) is 124 Å². The van der Waals surface area contributed by atoms with Crippen molar-refractivity contribution in [3.63, 3.8) is 0 Å². The van der Waals surface area contributed by atoms with Crippen molar-refractivity contribution in [3.8, 4) is 5.75 Å². The first-order chi connectivity index (χ1) is 13.7. The highest BCUT2D eigenvalue weighted by atomic mass is 16.6. The molecule has 2 atom stereocenters. The van der Waals surface area contributed by atoms with E-state index in [1.165, 1.54) is 24.3 Å². The summed E-state index contributed by atoms with van der Waals surface area (Å²) in [7, 11) is 0. The number of phenolic OH excluding ortho intramolecular Hbond substituents is 1. The summed E-state index contributed by atoms with van der Waals surface area (Å²) in [5, 5.41) is 50.7. The molecule has 7 nitrogen and oxygen atoms in total. The standard InChI is InChI=1S/C22H25NO6/c1-14-10-18(11-15(2)22(14)27)20(25)5-3-4-16(13-24)12-21(26)17-6-8-19(9-7-17)23(28)29/h3,6-11,20-21,24-27H,5,12-13H2,1-2H3/t4?,20-,21-/m1/s1. The first kappa shape index (κ1) is 22.3. The lowest BCUT2D eigenvalue weighted by Crippen LogP contribution is -2.02. The van der Waals surface area contributed by atoms with Gasteiger partial charge in [-0.15, -0.1) is 5.73 Å². The summed E-state index contributed by atoms with van der Waals surface area (Å²) in [6.45, 7) is 3.21. The smallest absolute Gasteiger partial charge is 0.269 e. The average Bonchev–Trinajstić information content (AvgIpc) is 2.70. The fourth-order valence-corrected chi connectivity index (χ4v) is 2.97. The molecule has 2 aromatic rings. The van der Waals surface area contributed by atoms with Gasteiger partial charge in [-0.1, -0.05) is 0 Å². The number of hydrogen-bond acceptors (Lipinski definition) is 6. The van der Waals surface area contributed by atoms with Crippen LogP contribution in [0.4, 0.5) is 5.69 Å². The molecule has 0 spiro atoms. The third-order valence-corrected chi connectivity index (χ3v) is 4.66. The lowest BCUT2D eigenvalue weighted by atomic mass is 9.99. The Morgan fingerprint density at radius 3 is 2.21 bits per heavy atom. The largest absolute Gasteiger partial charge is 0.507 e. The van der Waals surface area contributed by atoms with Crippen molar-refractivity contribution in [2.45, 2.75) is 38.9 Å². The summed E-state index contributed by atoms with van der Waals surface area (Å²) >= 11 is 0. The van der Waals surface area contributed by atoms with Crippen LogP contribution in [-0.4, -0.2) is 32.0 Å². The van der Waals surface area contributed by atoms with E-state index in [0.717, 1.165) is 0 Å². The maximum atomic E-state index is 10.7. The van der Waals surface area contributed by atoms with Crippen molar-refractivity contribution in [2.75, 3.05) is 6.61 Å². The number of phenols is 1. The van der Waals surface area contributed by atoms with Crippen LogP contribution in [0.2, 0.25) is 0 Å². The van der Waals surface area contributed by atoms with Gasteiger partial charge < -0.3 is 20.4 Å². The molecule has 2 aromatic carbocycles. The quantitative estimate of drug-likeness (QED) is 0.306. The van der Waals surface area contributed by atoms with E-state index in [2.05, 4.69) is 5.73 Å². The van der Waals surface area contributed by atoms with Crippen LogP contribution in [0.5, 0.6) is 5.75 Å². The number of non-ortho nitro benzene ring substituents is 1. The van der Waals surface area contributed by atoms with Gasteiger partial charge in [-0.2, -0.15) is 0 Å². The highest BCUT2D eigenvalue weighted by Crippen LogP contribution is 2.28. The molecule has 0 aromatic heterocycles. The predicted octanol–water partition coefficient (Wildman–Crippen LogP) is 3.54. The van der Waals surface area contributed by atoms with Gasteiger partial charge in [0, 0.05) is 25.0 Å². The first-order valence-electron chi connectivity index (χ1n) is 9.17. The fourth-order valence-electron chi connectivity index (χ4n) is 2.97. The Hall–Kier alpha value is -2.96. The van der Waals surface area contributed by atoms with Gasteiger partial charge in [0.1, 0.15) is 5.75 Å². The van der Waals surface area contributed by atoms with E-state index in [1.807, 2.05) is 0 Å². The number of nitrogens with zero attached hydrogens (tertiary/aromatic N) is 1.